The van der Waals surface area contributed by atoms with E-state index in [0.717, 1.165) is 0 Å². The fourth-order valence-electron chi connectivity index (χ4n) is 0.992. The van der Waals surface area contributed by atoms with Crippen LogP contribution in [0.25, 0.3) is 5.57 Å². The highest BCUT2D eigenvalue weighted by atomic mass is 19.4. The van der Waals surface area contributed by atoms with Gasteiger partial charge in [0.05, 0.1) is 0 Å². The van der Waals surface area contributed by atoms with Gasteiger partial charge in [-0.15, -0.1) is 0 Å². The Balaban J connectivity index is 3.06. The van der Waals surface area contributed by atoms with E-state index in [1.165, 1.54) is 12.1 Å². The van der Waals surface area contributed by atoms with E-state index in [0.29, 0.717) is 0 Å². The number of hydrogen-bond donors (Lipinski definition) is 0. The maximum Gasteiger partial charge on any atom is 0.410 e. The van der Waals surface area contributed by atoms with Gasteiger partial charge in [0.1, 0.15) is 0 Å². The maximum absolute atomic E-state index is 11.9. The zero-order valence-electron chi connectivity index (χ0n) is 7.08. The standard InChI is InChI=1S/C10H7F3O/c11-10(12,13)6-9(7-14)8-4-2-1-3-5-8/h1-7H/b9-6-. The molecule has 0 atom stereocenters. The Morgan fingerprint density at radius 1 is 1.14 bits per heavy atom. The highest BCUT2D eigenvalue weighted by Gasteiger charge is 2.24. The van der Waals surface area contributed by atoms with Crippen LogP contribution in [0.1, 0.15) is 5.56 Å². The maximum atomic E-state index is 11.9. The van der Waals surface area contributed by atoms with Gasteiger partial charge in [-0.1, -0.05) is 30.3 Å². The molecule has 0 aliphatic carbocycles. The molecule has 0 radical (unpaired) electrons. The van der Waals surface area contributed by atoms with Crippen molar-refractivity contribution in [2.45, 2.75) is 6.18 Å². The second-order valence-corrected chi connectivity index (χ2v) is 2.63. The summed E-state index contributed by atoms with van der Waals surface area (Å²) in [5.74, 6) is 0. The topological polar surface area (TPSA) is 17.1 Å². The van der Waals surface area contributed by atoms with Crippen molar-refractivity contribution in [3.05, 3.63) is 42.0 Å². The van der Waals surface area contributed by atoms with E-state index in [9.17, 15) is 18.0 Å². The molecule has 0 aliphatic rings. The lowest BCUT2D eigenvalue weighted by atomic mass is 10.1. The molecule has 1 nitrogen and oxygen atoms in total. The number of carbonyl (C=O) groups is 1. The lowest BCUT2D eigenvalue weighted by Crippen LogP contribution is -2.03. The van der Waals surface area contributed by atoms with Crippen molar-refractivity contribution < 1.29 is 18.0 Å². The molecule has 1 aromatic carbocycles. The lowest BCUT2D eigenvalue weighted by molar-refractivity contribution is -0.104. The molecule has 0 bridgehead atoms. The minimum Gasteiger partial charge on any atom is -0.298 e. The number of benzene rings is 1. The normalized spacial score (nSPS) is 12.6. The van der Waals surface area contributed by atoms with Gasteiger partial charge in [-0.05, 0) is 5.56 Å². The van der Waals surface area contributed by atoms with E-state index in [2.05, 4.69) is 0 Å². The van der Waals surface area contributed by atoms with Crippen LogP contribution in [0.5, 0.6) is 0 Å². The number of hydrogen-bond acceptors (Lipinski definition) is 1. The van der Waals surface area contributed by atoms with E-state index in [4.69, 9.17) is 0 Å². The molecule has 74 valence electrons. The van der Waals surface area contributed by atoms with E-state index >= 15 is 0 Å². The number of allylic oxidation sites excluding steroid dienone is 2. The van der Waals surface area contributed by atoms with Crippen molar-refractivity contribution in [2.75, 3.05) is 0 Å². The van der Waals surface area contributed by atoms with E-state index < -0.39 is 6.18 Å². The van der Waals surface area contributed by atoms with Crippen LogP contribution in [-0.4, -0.2) is 12.5 Å². The second kappa shape index (κ2) is 4.09. The largest absolute Gasteiger partial charge is 0.410 e. The average Bonchev–Trinajstić information content (AvgIpc) is 2.14. The summed E-state index contributed by atoms with van der Waals surface area (Å²) >= 11 is 0. The molecule has 1 rings (SSSR count). The summed E-state index contributed by atoms with van der Waals surface area (Å²) in [4.78, 5) is 10.4. The molecule has 1 aromatic rings. The molecule has 0 unspecified atom stereocenters. The molecule has 0 N–H and O–H groups in total. The predicted octanol–water partition coefficient (Wildman–Crippen LogP) is 2.83. The average molecular weight is 200 g/mol. The zero-order chi connectivity index (χ0) is 10.6. The quantitative estimate of drug-likeness (QED) is 0.530. The van der Waals surface area contributed by atoms with Gasteiger partial charge in [-0.2, -0.15) is 13.2 Å². The van der Waals surface area contributed by atoms with Crippen molar-refractivity contribution in [2.24, 2.45) is 0 Å². The van der Waals surface area contributed by atoms with Gasteiger partial charge in [0.15, 0.2) is 6.29 Å². The molecular weight excluding hydrogens is 193 g/mol. The summed E-state index contributed by atoms with van der Waals surface area (Å²) in [7, 11) is 0. The van der Waals surface area contributed by atoms with Crippen LogP contribution >= 0.6 is 0 Å². The van der Waals surface area contributed by atoms with Crippen LogP contribution in [0, 0.1) is 0 Å². The predicted molar refractivity (Wildman–Crippen MR) is 46.5 cm³/mol. The van der Waals surface area contributed by atoms with Crippen LogP contribution in [0.3, 0.4) is 0 Å². The van der Waals surface area contributed by atoms with Crippen LogP contribution in [0.15, 0.2) is 36.4 Å². The fraction of sp³-hybridized carbons (Fsp3) is 0.100. The smallest absolute Gasteiger partial charge is 0.298 e. The SMILES string of the molecule is O=C/C(=C/C(F)(F)F)c1ccccc1. The van der Waals surface area contributed by atoms with Crippen molar-refractivity contribution >= 4 is 11.9 Å². The molecule has 4 heteroatoms. The number of alkyl halides is 3. The van der Waals surface area contributed by atoms with Gasteiger partial charge in [0, 0.05) is 11.6 Å². The molecule has 0 heterocycles. The molecule has 14 heavy (non-hydrogen) atoms. The number of rotatable bonds is 2. The molecule has 0 aromatic heterocycles. The molecule has 0 aliphatic heterocycles. The van der Waals surface area contributed by atoms with Crippen molar-refractivity contribution in [1.82, 2.24) is 0 Å². The van der Waals surface area contributed by atoms with Crippen molar-refractivity contribution in [1.29, 1.82) is 0 Å². The third kappa shape index (κ3) is 3.05. The van der Waals surface area contributed by atoms with Crippen LogP contribution < -0.4 is 0 Å². The number of carbonyl (C=O) groups excluding carboxylic acids is 1. The van der Waals surface area contributed by atoms with Crippen molar-refractivity contribution in [3.63, 3.8) is 0 Å². The van der Waals surface area contributed by atoms with Gasteiger partial charge in [0.2, 0.25) is 0 Å². The first-order valence-corrected chi connectivity index (χ1v) is 3.83. The first-order chi connectivity index (χ1) is 6.53. The third-order valence-electron chi connectivity index (χ3n) is 1.55. The van der Waals surface area contributed by atoms with Gasteiger partial charge in [0.25, 0.3) is 0 Å². The van der Waals surface area contributed by atoms with E-state index in [-0.39, 0.29) is 23.5 Å². The van der Waals surface area contributed by atoms with E-state index in [1.807, 2.05) is 0 Å². The molecule has 0 spiro atoms. The lowest BCUT2D eigenvalue weighted by Gasteiger charge is -2.02. The summed E-state index contributed by atoms with van der Waals surface area (Å²) < 4.78 is 35.8. The first-order valence-electron chi connectivity index (χ1n) is 3.83. The minimum absolute atomic E-state index is 0.00463. The van der Waals surface area contributed by atoms with Gasteiger partial charge in [-0.25, -0.2) is 0 Å². The summed E-state index contributed by atoms with van der Waals surface area (Å²) in [5, 5.41) is 0. The number of halogens is 3. The Hall–Kier alpha value is -1.58. The summed E-state index contributed by atoms with van der Waals surface area (Å²) in [5.41, 5.74) is -0.0991. The number of aldehydes is 1. The van der Waals surface area contributed by atoms with Crippen LogP contribution in [0.4, 0.5) is 13.2 Å². The molecule has 0 amide bonds. The Morgan fingerprint density at radius 2 is 1.71 bits per heavy atom. The minimum atomic E-state index is -4.47. The highest BCUT2D eigenvalue weighted by molar-refractivity contribution is 6.06. The van der Waals surface area contributed by atoms with E-state index in [1.54, 1.807) is 18.2 Å². The summed E-state index contributed by atoms with van der Waals surface area (Å²) in [6.45, 7) is 0. The monoisotopic (exact) mass is 200 g/mol. The highest BCUT2D eigenvalue weighted by Crippen LogP contribution is 2.22. The Labute approximate surface area is 78.9 Å². The molecule has 0 saturated carbocycles. The Bertz CT molecular complexity index is 338. The second-order valence-electron chi connectivity index (χ2n) is 2.63. The first kappa shape index (κ1) is 10.5. The molecule has 0 saturated heterocycles. The van der Waals surface area contributed by atoms with Crippen molar-refractivity contribution in [3.8, 4) is 0 Å². The summed E-state index contributed by atoms with van der Waals surface area (Å²) in [6.07, 6.45) is -4.27. The molecule has 0 fully saturated rings. The fourth-order valence-corrected chi connectivity index (χ4v) is 0.992. The van der Waals surface area contributed by atoms with Gasteiger partial charge < -0.3 is 0 Å². The van der Waals surface area contributed by atoms with Crippen LogP contribution in [0.2, 0.25) is 0 Å². The van der Waals surface area contributed by atoms with Crippen LogP contribution in [-0.2, 0) is 4.79 Å². The summed E-state index contributed by atoms with van der Waals surface area (Å²) in [6, 6.07) is 7.71. The Kier molecular flexibility index (Phi) is 3.06. The van der Waals surface area contributed by atoms with Gasteiger partial charge in [-0.3, -0.25) is 4.79 Å². The Morgan fingerprint density at radius 3 is 2.14 bits per heavy atom. The van der Waals surface area contributed by atoms with Gasteiger partial charge >= 0.3 is 6.18 Å². The third-order valence-corrected chi connectivity index (χ3v) is 1.55. The molecular formula is C10H7F3O. The zero-order valence-corrected chi connectivity index (χ0v) is 7.08.